The Kier molecular flexibility index (Phi) is 6.67. The molecule has 0 bridgehead atoms. The number of nitrogens with two attached hydrogens (primary N) is 1. The molecule has 1 saturated heterocycles. The largest absolute Gasteiger partial charge is 0.465 e. The number of nitrogens with zero attached hydrogens (tertiary/aromatic N) is 1. The molecule has 0 spiro atoms. The van der Waals surface area contributed by atoms with Crippen LogP contribution >= 0.6 is 0 Å². The lowest BCUT2D eigenvalue weighted by molar-refractivity contribution is -0.149. The first-order valence-electron chi connectivity index (χ1n) is 8.35. The molecule has 1 aliphatic rings. The highest BCUT2D eigenvalue weighted by atomic mass is 16.5. The quantitative estimate of drug-likeness (QED) is 0.793. The van der Waals surface area contributed by atoms with Gasteiger partial charge in [-0.15, -0.1) is 0 Å². The van der Waals surface area contributed by atoms with E-state index in [-0.39, 0.29) is 5.97 Å². The molecule has 2 atom stereocenters. The first-order chi connectivity index (χ1) is 9.66. The van der Waals surface area contributed by atoms with E-state index in [0.717, 1.165) is 25.6 Å². The number of ether oxygens (including phenoxy) is 1. The molecule has 1 heterocycles. The number of rotatable bonds is 5. The van der Waals surface area contributed by atoms with Gasteiger partial charge in [0.25, 0.3) is 0 Å². The van der Waals surface area contributed by atoms with Crippen molar-refractivity contribution in [1.82, 2.24) is 4.90 Å². The molecule has 0 amide bonds. The van der Waals surface area contributed by atoms with E-state index in [1.807, 2.05) is 6.92 Å². The van der Waals surface area contributed by atoms with Gasteiger partial charge in [-0.1, -0.05) is 20.8 Å². The molecule has 1 rings (SSSR count). The Hall–Kier alpha value is -0.610. The number of carbonyl (C=O) groups excluding carboxylic acids is 1. The summed E-state index contributed by atoms with van der Waals surface area (Å²) in [5.74, 6) is 0.504. The van der Waals surface area contributed by atoms with Gasteiger partial charge in [0.05, 0.1) is 6.61 Å². The molecule has 0 aromatic heterocycles. The van der Waals surface area contributed by atoms with Gasteiger partial charge in [-0.05, 0) is 64.0 Å². The first-order valence-corrected chi connectivity index (χ1v) is 8.35. The summed E-state index contributed by atoms with van der Waals surface area (Å²) in [5, 5.41) is 0. The minimum Gasteiger partial charge on any atom is -0.465 e. The predicted octanol–water partition coefficient (Wildman–Crippen LogP) is 2.81. The lowest BCUT2D eigenvalue weighted by atomic mass is 9.77. The SMILES string of the molecule is CCOC(=O)C(C)(N)CCN1CCCC(C(C)(C)C)CC1. The second-order valence-electron chi connectivity index (χ2n) is 7.72. The third kappa shape index (κ3) is 5.95. The molecule has 1 aliphatic heterocycles. The highest BCUT2D eigenvalue weighted by molar-refractivity contribution is 5.79. The van der Waals surface area contributed by atoms with Crippen molar-refractivity contribution in [3.63, 3.8) is 0 Å². The van der Waals surface area contributed by atoms with Crippen LogP contribution in [0.1, 0.15) is 60.3 Å². The first kappa shape index (κ1) is 18.4. The fraction of sp³-hybridized carbons (Fsp3) is 0.941. The molecular formula is C17H34N2O2. The molecule has 4 nitrogen and oxygen atoms in total. The van der Waals surface area contributed by atoms with Crippen LogP contribution in [0.2, 0.25) is 0 Å². The van der Waals surface area contributed by atoms with Gasteiger partial charge in [0.15, 0.2) is 0 Å². The number of likely N-dealkylation sites (tertiary alicyclic amines) is 1. The molecule has 0 radical (unpaired) electrons. The summed E-state index contributed by atoms with van der Waals surface area (Å²) >= 11 is 0. The Labute approximate surface area is 130 Å². The van der Waals surface area contributed by atoms with Crippen molar-refractivity contribution in [1.29, 1.82) is 0 Å². The predicted molar refractivity (Wildman–Crippen MR) is 87.1 cm³/mol. The van der Waals surface area contributed by atoms with E-state index < -0.39 is 5.54 Å². The van der Waals surface area contributed by atoms with Gasteiger partial charge >= 0.3 is 5.97 Å². The zero-order chi connectivity index (χ0) is 16.1. The Balaban J connectivity index is 2.44. The van der Waals surface area contributed by atoms with E-state index >= 15 is 0 Å². The normalized spacial score (nSPS) is 24.2. The standard InChI is InChI=1S/C17H34N2O2/c1-6-21-15(20)17(5,18)10-13-19-11-7-8-14(9-12-19)16(2,3)4/h14H,6-13,18H2,1-5H3. The van der Waals surface area contributed by atoms with Crippen molar-refractivity contribution in [2.45, 2.75) is 65.8 Å². The smallest absolute Gasteiger partial charge is 0.325 e. The molecular weight excluding hydrogens is 264 g/mol. The minimum absolute atomic E-state index is 0.285. The fourth-order valence-corrected chi connectivity index (χ4v) is 3.03. The molecule has 4 heteroatoms. The van der Waals surface area contributed by atoms with Crippen molar-refractivity contribution in [2.24, 2.45) is 17.1 Å². The van der Waals surface area contributed by atoms with Crippen molar-refractivity contribution >= 4 is 5.97 Å². The monoisotopic (exact) mass is 298 g/mol. The summed E-state index contributed by atoms with van der Waals surface area (Å²) in [6.07, 6.45) is 4.44. The highest BCUT2D eigenvalue weighted by Crippen LogP contribution is 2.34. The van der Waals surface area contributed by atoms with Crippen LogP contribution in [0.4, 0.5) is 0 Å². The maximum atomic E-state index is 11.8. The van der Waals surface area contributed by atoms with Gasteiger partial charge in [-0.25, -0.2) is 0 Å². The van der Waals surface area contributed by atoms with E-state index in [2.05, 4.69) is 25.7 Å². The van der Waals surface area contributed by atoms with Crippen LogP contribution in [0.25, 0.3) is 0 Å². The topological polar surface area (TPSA) is 55.6 Å². The maximum absolute atomic E-state index is 11.8. The van der Waals surface area contributed by atoms with Crippen LogP contribution in [0.3, 0.4) is 0 Å². The number of hydrogen-bond acceptors (Lipinski definition) is 4. The van der Waals surface area contributed by atoms with Gasteiger partial charge in [0.1, 0.15) is 5.54 Å². The summed E-state index contributed by atoms with van der Waals surface area (Å²) in [5.41, 5.74) is 5.62. The van der Waals surface area contributed by atoms with Gasteiger partial charge in [-0.3, -0.25) is 4.79 Å². The van der Waals surface area contributed by atoms with E-state index in [9.17, 15) is 4.79 Å². The van der Waals surface area contributed by atoms with Crippen LogP contribution < -0.4 is 5.73 Å². The fourth-order valence-electron chi connectivity index (χ4n) is 3.03. The molecule has 21 heavy (non-hydrogen) atoms. The van der Waals surface area contributed by atoms with Crippen LogP contribution in [0, 0.1) is 11.3 Å². The Bertz CT molecular complexity index is 334. The van der Waals surface area contributed by atoms with Crippen molar-refractivity contribution in [2.75, 3.05) is 26.2 Å². The second-order valence-corrected chi connectivity index (χ2v) is 7.72. The average Bonchev–Trinajstić information content (AvgIpc) is 2.61. The maximum Gasteiger partial charge on any atom is 0.325 e. The highest BCUT2D eigenvalue weighted by Gasteiger charge is 2.31. The van der Waals surface area contributed by atoms with Gasteiger partial charge in [0.2, 0.25) is 0 Å². The molecule has 0 aliphatic carbocycles. The molecule has 2 N–H and O–H groups in total. The summed E-state index contributed by atoms with van der Waals surface area (Å²) in [7, 11) is 0. The van der Waals surface area contributed by atoms with Crippen LogP contribution in [-0.4, -0.2) is 42.6 Å². The zero-order valence-electron chi connectivity index (χ0n) is 14.6. The van der Waals surface area contributed by atoms with E-state index in [1.54, 1.807) is 6.92 Å². The third-order valence-corrected chi connectivity index (χ3v) is 4.73. The molecule has 2 unspecified atom stereocenters. The van der Waals surface area contributed by atoms with Crippen molar-refractivity contribution in [3.05, 3.63) is 0 Å². The second kappa shape index (κ2) is 7.59. The lowest BCUT2D eigenvalue weighted by Gasteiger charge is -2.30. The summed E-state index contributed by atoms with van der Waals surface area (Å²) in [6, 6.07) is 0. The Morgan fingerprint density at radius 2 is 1.90 bits per heavy atom. The van der Waals surface area contributed by atoms with Crippen LogP contribution in [0.5, 0.6) is 0 Å². The van der Waals surface area contributed by atoms with Gasteiger partial charge in [0, 0.05) is 6.54 Å². The number of carbonyl (C=O) groups is 1. The Morgan fingerprint density at radius 1 is 1.24 bits per heavy atom. The Morgan fingerprint density at radius 3 is 2.48 bits per heavy atom. The summed E-state index contributed by atoms with van der Waals surface area (Å²) in [4.78, 5) is 14.3. The van der Waals surface area contributed by atoms with Gasteiger partial charge < -0.3 is 15.4 Å². The molecule has 0 aromatic rings. The van der Waals surface area contributed by atoms with E-state index in [4.69, 9.17) is 10.5 Å². The lowest BCUT2D eigenvalue weighted by Crippen LogP contribution is -2.48. The molecule has 124 valence electrons. The molecule has 0 saturated carbocycles. The number of hydrogen-bond donors (Lipinski definition) is 1. The zero-order valence-corrected chi connectivity index (χ0v) is 14.6. The van der Waals surface area contributed by atoms with Crippen LogP contribution in [-0.2, 0) is 9.53 Å². The third-order valence-electron chi connectivity index (χ3n) is 4.73. The molecule has 1 fully saturated rings. The van der Waals surface area contributed by atoms with E-state index in [0.29, 0.717) is 18.4 Å². The average molecular weight is 298 g/mol. The minimum atomic E-state index is -0.869. The summed E-state index contributed by atoms with van der Waals surface area (Å²) in [6.45, 7) is 14.1. The van der Waals surface area contributed by atoms with Crippen LogP contribution in [0.15, 0.2) is 0 Å². The van der Waals surface area contributed by atoms with Gasteiger partial charge in [-0.2, -0.15) is 0 Å². The number of esters is 1. The van der Waals surface area contributed by atoms with E-state index in [1.165, 1.54) is 19.3 Å². The van der Waals surface area contributed by atoms with Crippen molar-refractivity contribution < 1.29 is 9.53 Å². The van der Waals surface area contributed by atoms with Crippen molar-refractivity contribution in [3.8, 4) is 0 Å². The summed E-state index contributed by atoms with van der Waals surface area (Å²) < 4.78 is 5.05. The molecule has 0 aromatic carbocycles.